The molecule has 0 aliphatic carbocycles. The summed E-state index contributed by atoms with van der Waals surface area (Å²) >= 11 is 3.26. The third-order valence-electron chi connectivity index (χ3n) is 2.26. The first-order chi connectivity index (χ1) is 8.13. The number of nitrogens with zero attached hydrogens (tertiary/aromatic N) is 1. The Kier molecular flexibility index (Phi) is 4.98. The molecule has 0 fully saturated rings. The molecule has 1 unspecified atom stereocenters. The number of rotatable bonds is 4. The number of benzene rings is 1. The predicted molar refractivity (Wildman–Crippen MR) is 69.3 cm³/mol. The van der Waals surface area contributed by atoms with Crippen molar-refractivity contribution in [1.29, 1.82) is 5.26 Å². The van der Waals surface area contributed by atoms with E-state index in [0.717, 1.165) is 0 Å². The van der Waals surface area contributed by atoms with E-state index in [-0.39, 0.29) is 10.7 Å². The number of para-hydroxylation sites is 1. The van der Waals surface area contributed by atoms with E-state index in [0.29, 0.717) is 23.4 Å². The fraction of sp³-hybridized carbons (Fsp3) is 0.333. The Hall–Kier alpha value is -1.54. The minimum Gasteiger partial charge on any atom is -0.495 e. The Labute approximate surface area is 109 Å². The van der Waals surface area contributed by atoms with Gasteiger partial charge < -0.3 is 10.1 Å². The summed E-state index contributed by atoms with van der Waals surface area (Å²) in [6.45, 7) is 1.90. The van der Waals surface area contributed by atoms with Crippen molar-refractivity contribution < 1.29 is 9.53 Å². The molecule has 1 rings (SSSR count). The average Bonchev–Trinajstić information content (AvgIpc) is 2.37. The minimum atomic E-state index is -0.279. The largest absolute Gasteiger partial charge is 0.495 e. The molecule has 0 aromatic heterocycles. The monoisotopic (exact) mass is 296 g/mol. The number of ether oxygens (including phenoxy) is 1. The van der Waals surface area contributed by atoms with Crippen molar-refractivity contribution in [2.45, 2.75) is 18.2 Å². The van der Waals surface area contributed by atoms with Crippen LogP contribution in [0.15, 0.2) is 18.2 Å². The van der Waals surface area contributed by atoms with E-state index in [1.54, 1.807) is 18.2 Å². The minimum absolute atomic E-state index is 0.187. The lowest BCUT2D eigenvalue weighted by Crippen LogP contribution is -2.22. The second kappa shape index (κ2) is 6.26. The molecule has 5 heteroatoms. The smallest absolute Gasteiger partial charge is 0.238 e. The van der Waals surface area contributed by atoms with Crippen LogP contribution in [0.25, 0.3) is 0 Å². The summed E-state index contributed by atoms with van der Waals surface area (Å²) in [5.41, 5.74) is 0.800. The highest BCUT2D eigenvalue weighted by molar-refractivity contribution is 9.10. The Balaban J connectivity index is 3.04. The second-order valence-corrected chi connectivity index (χ2v) is 4.46. The van der Waals surface area contributed by atoms with Gasteiger partial charge in [-0.25, -0.2) is 0 Å². The highest BCUT2D eigenvalue weighted by atomic mass is 79.9. The number of carbonyl (C=O) groups excluding carboxylic acids is 1. The van der Waals surface area contributed by atoms with Gasteiger partial charge >= 0.3 is 0 Å². The molecule has 1 aromatic rings. The van der Waals surface area contributed by atoms with Crippen molar-refractivity contribution in [2.75, 3.05) is 12.4 Å². The molecule has 1 N–H and O–H groups in total. The van der Waals surface area contributed by atoms with Gasteiger partial charge in [-0.1, -0.05) is 28.9 Å². The second-order valence-electron chi connectivity index (χ2n) is 3.36. The van der Waals surface area contributed by atoms with Crippen molar-refractivity contribution in [3.05, 3.63) is 23.8 Å². The van der Waals surface area contributed by atoms with Crippen LogP contribution < -0.4 is 10.1 Å². The molecule has 0 aliphatic rings. The summed E-state index contributed by atoms with van der Waals surface area (Å²) in [5.74, 6) is 0.293. The van der Waals surface area contributed by atoms with Gasteiger partial charge in [0.15, 0.2) is 0 Å². The number of carbonyl (C=O) groups is 1. The summed E-state index contributed by atoms with van der Waals surface area (Å²) in [6.07, 6.45) is 0.670. The molecule has 0 spiro atoms. The Morgan fingerprint density at radius 3 is 2.88 bits per heavy atom. The maximum Gasteiger partial charge on any atom is 0.238 e. The molecule has 1 atom stereocenters. The maximum absolute atomic E-state index is 11.8. The Morgan fingerprint density at radius 1 is 1.65 bits per heavy atom. The van der Waals surface area contributed by atoms with Crippen LogP contribution in [0.4, 0.5) is 5.69 Å². The van der Waals surface area contributed by atoms with Crippen LogP contribution in [-0.2, 0) is 4.79 Å². The third-order valence-corrected chi connectivity index (χ3v) is 3.32. The number of halogens is 1. The molecule has 1 amide bonds. The van der Waals surface area contributed by atoms with Crippen LogP contribution >= 0.6 is 15.9 Å². The van der Waals surface area contributed by atoms with Crippen LogP contribution in [0.1, 0.15) is 18.9 Å². The van der Waals surface area contributed by atoms with Crippen LogP contribution in [0.5, 0.6) is 5.75 Å². The molecule has 90 valence electrons. The number of nitrogens with one attached hydrogen (secondary N) is 1. The number of nitriles is 1. The topological polar surface area (TPSA) is 62.1 Å². The summed E-state index contributed by atoms with van der Waals surface area (Å²) in [6, 6.07) is 7.06. The van der Waals surface area contributed by atoms with E-state index in [1.807, 2.05) is 13.0 Å². The zero-order valence-electron chi connectivity index (χ0n) is 9.66. The van der Waals surface area contributed by atoms with Gasteiger partial charge in [0.1, 0.15) is 17.5 Å². The molecule has 17 heavy (non-hydrogen) atoms. The lowest BCUT2D eigenvalue weighted by molar-refractivity contribution is -0.115. The molecule has 1 aromatic carbocycles. The SMILES string of the molecule is CCC(Br)C(=O)Nc1c(C#N)cccc1OC. The van der Waals surface area contributed by atoms with Gasteiger partial charge in [-0.05, 0) is 18.6 Å². The van der Waals surface area contributed by atoms with Gasteiger partial charge in [0.25, 0.3) is 0 Å². The first kappa shape index (κ1) is 13.5. The number of hydrogen-bond acceptors (Lipinski definition) is 3. The molecule has 0 aliphatic heterocycles. The van der Waals surface area contributed by atoms with Gasteiger partial charge in [0.05, 0.1) is 17.5 Å². The van der Waals surface area contributed by atoms with Crippen LogP contribution in [0, 0.1) is 11.3 Å². The molecule has 0 heterocycles. The van der Waals surface area contributed by atoms with E-state index < -0.39 is 0 Å². The first-order valence-electron chi connectivity index (χ1n) is 5.16. The van der Waals surface area contributed by atoms with Crippen LogP contribution in [0.3, 0.4) is 0 Å². The lowest BCUT2D eigenvalue weighted by atomic mass is 10.1. The fourth-order valence-electron chi connectivity index (χ4n) is 1.31. The van der Waals surface area contributed by atoms with Gasteiger partial charge in [0, 0.05) is 0 Å². The van der Waals surface area contributed by atoms with Crippen LogP contribution in [-0.4, -0.2) is 17.8 Å². The van der Waals surface area contributed by atoms with Crippen molar-refractivity contribution >= 4 is 27.5 Å². The third kappa shape index (κ3) is 3.21. The fourth-order valence-corrected chi connectivity index (χ4v) is 1.42. The van der Waals surface area contributed by atoms with Gasteiger partial charge in [-0.3, -0.25) is 4.79 Å². The number of methoxy groups -OCH3 is 1. The van der Waals surface area contributed by atoms with Crippen molar-refractivity contribution in [3.8, 4) is 11.8 Å². The van der Waals surface area contributed by atoms with Crippen molar-refractivity contribution in [1.82, 2.24) is 0 Å². The van der Waals surface area contributed by atoms with Crippen LogP contribution in [0.2, 0.25) is 0 Å². The number of amides is 1. The normalized spacial score (nSPS) is 11.4. The first-order valence-corrected chi connectivity index (χ1v) is 6.07. The molecule has 0 radical (unpaired) electrons. The number of anilines is 1. The van der Waals surface area contributed by atoms with Gasteiger partial charge in [-0.15, -0.1) is 0 Å². The quantitative estimate of drug-likeness (QED) is 0.869. The summed E-state index contributed by atoms with van der Waals surface area (Å²) < 4.78 is 5.12. The van der Waals surface area contributed by atoms with E-state index in [4.69, 9.17) is 10.00 Å². The lowest BCUT2D eigenvalue weighted by Gasteiger charge is -2.13. The molecular weight excluding hydrogens is 284 g/mol. The van der Waals surface area contributed by atoms with Gasteiger partial charge in [-0.2, -0.15) is 5.26 Å². The predicted octanol–water partition coefficient (Wildman–Crippen LogP) is 2.68. The van der Waals surface area contributed by atoms with Crippen molar-refractivity contribution in [3.63, 3.8) is 0 Å². The van der Waals surface area contributed by atoms with Crippen molar-refractivity contribution in [2.24, 2.45) is 0 Å². The molecular formula is C12H13BrN2O2. The summed E-state index contributed by atoms with van der Waals surface area (Å²) in [7, 11) is 1.50. The number of hydrogen-bond donors (Lipinski definition) is 1. The molecule has 0 saturated heterocycles. The van der Waals surface area contributed by atoms with E-state index >= 15 is 0 Å². The number of alkyl halides is 1. The Morgan fingerprint density at radius 2 is 2.35 bits per heavy atom. The molecule has 0 saturated carbocycles. The molecule has 4 nitrogen and oxygen atoms in total. The standard InChI is InChI=1S/C12H13BrN2O2/c1-3-9(13)12(16)15-11-8(7-14)5-4-6-10(11)17-2/h4-6,9H,3H2,1-2H3,(H,15,16). The van der Waals surface area contributed by atoms with E-state index in [9.17, 15) is 4.79 Å². The average molecular weight is 297 g/mol. The zero-order chi connectivity index (χ0) is 12.8. The highest BCUT2D eigenvalue weighted by Gasteiger charge is 2.16. The Bertz CT molecular complexity index is 454. The van der Waals surface area contributed by atoms with Gasteiger partial charge in [0.2, 0.25) is 5.91 Å². The van der Waals surface area contributed by atoms with E-state index in [1.165, 1.54) is 7.11 Å². The molecule has 0 bridgehead atoms. The van der Waals surface area contributed by atoms with E-state index in [2.05, 4.69) is 21.2 Å². The highest BCUT2D eigenvalue weighted by Crippen LogP contribution is 2.28. The maximum atomic E-state index is 11.8. The zero-order valence-corrected chi connectivity index (χ0v) is 11.2. The summed E-state index contributed by atoms with van der Waals surface area (Å²) in [4.78, 5) is 11.5. The summed E-state index contributed by atoms with van der Waals surface area (Å²) in [5, 5.41) is 11.7.